The van der Waals surface area contributed by atoms with Gasteiger partial charge in [0.15, 0.2) is 0 Å². The van der Waals surface area contributed by atoms with E-state index in [1.807, 2.05) is 0 Å². The SMILES string of the molecule is COc1ccc(-c2ccc(C(=O)NCCC3(O)CCC3)c(F)c2)c(F)c1. The van der Waals surface area contributed by atoms with Crippen LogP contribution >= 0.6 is 0 Å². The van der Waals surface area contributed by atoms with Crippen molar-refractivity contribution in [2.75, 3.05) is 13.7 Å². The number of hydrogen-bond donors (Lipinski definition) is 2. The van der Waals surface area contributed by atoms with E-state index in [2.05, 4.69) is 5.32 Å². The van der Waals surface area contributed by atoms with Crippen LogP contribution < -0.4 is 10.1 Å². The Morgan fingerprint density at radius 1 is 1.19 bits per heavy atom. The fourth-order valence-electron chi connectivity index (χ4n) is 3.06. The number of ether oxygens (including phenoxy) is 1. The number of halogens is 2. The topological polar surface area (TPSA) is 58.6 Å². The van der Waals surface area contributed by atoms with E-state index in [-0.39, 0.29) is 17.7 Å². The van der Waals surface area contributed by atoms with Gasteiger partial charge >= 0.3 is 0 Å². The second kappa shape index (κ2) is 7.41. The largest absolute Gasteiger partial charge is 0.497 e. The molecule has 1 fully saturated rings. The number of rotatable bonds is 6. The van der Waals surface area contributed by atoms with Gasteiger partial charge in [-0.3, -0.25) is 4.79 Å². The Morgan fingerprint density at radius 3 is 2.54 bits per heavy atom. The van der Waals surface area contributed by atoms with E-state index < -0.39 is 23.1 Å². The maximum absolute atomic E-state index is 14.3. The molecule has 0 radical (unpaired) electrons. The quantitative estimate of drug-likeness (QED) is 0.825. The van der Waals surface area contributed by atoms with Crippen molar-refractivity contribution in [3.8, 4) is 16.9 Å². The molecule has 0 aliphatic heterocycles. The van der Waals surface area contributed by atoms with Gasteiger partial charge in [-0.05, 0) is 55.5 Å². The second-order valence-electron chi connectivity index (χ2n) is 6.62. The number of hydrogen-bond acceptors (Lipinski definition) is 3. The summed E-state index contributed by atoms with van der Waals surface area (Å²) in [6.45, 7) is 0.281. The summed E-state index contributed by atoms with van der Waals surface area (Å²) in [6.07, 6.45) is 2.91. The molecule has 1 saturated carbocycles. The number of methoxy groups -OCH3 is 1. The minimum atomic E-state index is -0.724. The van der Waals surface area contributed by atoms with Crippen LogP contribution in [-0.4, -0.2) is 30.3 Å². The fraction of sp³-hybridized carbons (Fsp3) is 0.350. The van der Waals surface area contributed by atoms with Crippen molar-refractivity contribution in [1.29, 1.82) is 0 Å². The van der Waals surface area contributed by atoms with Gasteiger partial charge in [0.05, 0.1) is 18.3 Å². The number of carbonyl (C=O) groups excluding carboxylic acids is 1. The van der Waals surface area contributed by atoms with E-state index in [1.165, 1.54) is 31.4 Å². The van der Waals surface area contributed by atoms with Crippen LogP contribution in [0.1, 0.15) is 36.0 Å². The molecule has 0 aromatic heterocycles. The van der Waals surface area contributed by atoms with E-state index in [9.17, 15) is 18.7 Å². The summed E-state index contributed by atoms with van der Waals surface area (Å²) >= 11 is 0. The highest BCUT2D eigenvalue weighted by molar-refractivity contribution is 5.95. The zero-order chi connectivity index (χ0) is 18.7. The molecule has 0 atom stereocenters. The van der Waals surface area contributed by atoms with Crippen molar-refractivity contribution < 1.29 is 23.4 Å². The highest BCUT2D eigenvalue weighted by atomic mass is 19.1. The Morgan fingerprint density at radius 2 is 1.96 bits per heavy atom. The first-order valence-corrected chi connectivity index (χ1v) is 8.56. The molecule has 2 aromatic carbocycles. The molecular weight excluding hydrogens is 340 g/mol. The standard InChI is InChI=1S/C20H21F2NO3/c1-26-14-4-6-15(18(22)12-14)13-3-5-16(17(21)11-13)19(24)23-10-9-20(25)7-2-8-20/h3-6,11-12,25H,2,7-10H2,1H3,(H,23,24). The van der Waals surface area contributed by atoms with Crippen molar-refractivity contribution in [3.63, 3.8) is 0 Å². The van der Waals surface area contributed by atoms with Crippen LogP contribution in [0.25, 0.3) is 11.1 Å². The molecule has 4 nitrogen and oxygen atoms in total. The lowest BCUT2D eigenvalue weighted by molar-refractivity contribution is -0.0390. The van der Waals surface area contributed by atoms with Crippen LogP contribution in [0, 0.1) is 11.6 Å². The summed E-state index contributed by atoms with van der Waals surface area (Å²) in [4.78, 5) is 12.1. The average molecular weight is 361 g/mol. The van der Waals surface area contributed by atoms with E-state index in [0.29, 0.717) is 17.7 Å². The first kappa shape index (κ1) is 18.3. The molecule has 1 aliphatic rings. The maximum atomic E-state index is 14.3. The summed E-state index contributed by atoms with van der Waals surface area (Å²) in [7, 11) is 1.44. The lowest BCUT2D eigenvalue weighted by Crippen LogP contribution is -2.40. The Balaban J connectivity index is 1.69. The van der Waals surface area contributed by atoms with Crippen molar-refractivity contribution >= 4 is 5.91 Å². The number of benzene rings is 2. The van der Waals surface area contributed by atoms with Gasteiger partial charge in [0.2, 0.25) is 0 Å². The van der Waals surface area contributed by atoms with Gasteiger partial charge < -0.3 is 15.2 Å². The summed E-state index contributed by atoms with van der Waals surface area (Å²) in [5.74, 6) is -1.43. The molecule has 138 valence electrons. The molecule has 2 N–H and O–H groups in total. The maximum Gasteiger partial charge on any atom is 0.254 e. The zero-order valence-electron chi connectivity index (χ0n) is 14.5. The first-order chi connectivity index (χ1) is 12.4. The Bertz CT molecular complexity index is 819. The summed E-state index contributed by atoms with van der Waals surface area (Å²) in [6, 6.07) is 8.28. The third kappa shape index (κ3) is 3.85. The smallest absolute Gasteiger partial charge is 0.254 e. The van der Waals surface area contributed by atoms with Crippen LogP contribution in [0.15, 0.2) is 36.4 Å². The highest BCUT2D eigenvalue weighted by Crippen LogP contribution is 2.34. The molecule has 0 unspecified atom stereocenters. The van der Waals surface area contributed by atoms with Crippen LogP contribution in [0.2, 0.25) is 0 Å². The lowest BCUT2D eigenvalue weighted by atomic mass is 9.78. The molecule has 2 aromatic rings. The number of amides is 1. The Kier molecular flexibility index (Phi) is 5.23. The molecular formula is C20H21F2NO3. The molecule has 0 heterocycles. The Labute approximate surface area is 150 Å². The van der Waals surface area contributed by atoms with Gasteiger partial charge in [0.25, 0.3) is 5.91 Å². The van der Waals surface area contributed by atoms with Crippen LogP contribution in [-0.2, 0) is 0 Å². The van der Waals surface area contributed by atoms with Crippen LogP contribution in [0.3, 0.4) is 0 Å². The lowest BCUT2D eigenvalue weighted by Gasteiger charge is -2.36. The average Bonchev–Trinajstić information content (AvgIpc) is 2.59. The van der Waals surface area contributed by atoms with Crippen LogP contribution in [0.4, 0.5) is 8.78 Å². The molecule has 0 bridgehead atoms. The third-order valence-electron chi connectivity index (χ3n) is 4.86. The highest BCUT2D eigenvalue weighted by Gasteiger charge is 2.33. The minimum Gasteiger partial charge on any atom is -0.497 e. The number of carbonyl (C=O) groups is 1. The zero-order valence-corrected chi connectivity index (χ0v) is 14.5. The molecule has 3 rings (SSSR count). The number of nitrogens with one attached hydrogen (secondary N) is 1. The van der Waals surface area contributed by atoms with Crippen molar-refractivity contribution in [2.24, 2.45) is 0 Å². The van der Waals surface area contributed by atoms with Crippen molar-refractivity contribution in [2.45, 2.75) is 31.3 Å². The molecule has 0 saturated heterocycles. The molecule has 0 spiro atoms. The monoisotopic (exact) mass is 361 g/mol. The van der Waals surface area contributed by atoms with Gasteiger partial charge in [-0.2, -0.15) is 0 Å². The molecule has 26 heavy (non-hydrogen) atoms. The van der Waals surface area contributed by atoms with Gasteiger partial charge in [0.1, 0.15) is 17.4 Å². The van der Waals surface area contributed by atoms with E-state index in [0.717, 1.165) is 25.3 Å². The van der Waals surface area contributed by atoms with E-state index in [4.69, 9.17) is 4.74 Å². The summed E-state index contributed by atoms with van der Waals surface area (Å²) in [5.41, 5.74) is -0.239. The fourth-order valence-corrected chi connectivity index (χ4v) is 3.06. The third-order valence-corrected chi connectivity index (χ3v) is 4.86. The predicted molar refractivity (Wildman–Crippen MR) is 94.1 cm³/mol. The van der Waals surface area contributed by atoms with Gasteiger partial charge in [-0.25, -0.2) is 8.78 Å². The molecule has 1 aliphatic carbocycles. The predicted octanol–water partition coefficient (Wildman–Crippen LogP) is 3.68. The molecule has 6 heteroatoms. The minimum absolute atomic E-state index is 0.108. The first-order valence-electron chi connectivity index (χ1n) is 8.56. The van der Waals surface area contributed by atoms with Gasteiger partial charge in [-0.1, -0.05) is 6.07 Å². The van der Waals surface area contributed by atoms with Crippen molar-refractivity contribution in [3.05, 3.63) is 53.6 Å². The van der Waals surface area contributed by atoms with Crippen LogP contribution in [0.5, 0.6) is 5.75 Å². The normalized spacial score (nSPS) is 15.2. The van der Waals surface area contributed by atoms with E-state index in [1.54, 1.807) is 6.07 Å². The molecule has 1 amide bonds. The Hall–Kier alpha value is -2.47. The van der Waals surface area contributed by atoms with Crippen molar-refractivity contribution in [1.82, 2.24) is 5.32 Å². The van der Waals surface area contributed by atoms with E-state index >= 15 is 0 Å². The summed E-state index contributed by atoms with van der Waals surface area (Å²) in [5, 5.41) is 12.6. The van der Waals surface area contributed by atoms with Gasteiger partial charge in [-0.15, -0.1) is 0 Å². The number of aliphatic hydroxyl groups is 1. The van der Waals surface area contributed by atoms with Gasteiger partial charge in [0, 0.05) is 18.2 Å². The summed E-state index contributed by atoms with van der Waals surface area (Å²) < 4.78 is 33.4. The second-order valence-corrected chi connectivity index (χ2v) is 6.62.